The zero-order valence-electron chi connectivity index (χ0n) is 20.0. The number of fused-ring (bicyclic) bond motifs is 5. The highest BCUT2D eigenvalue weighted by molar-refractivity contribution is 5.94. The molecular weight excluding hydrogens is 427 g/mol. The van der Waals surface area contributed by atoms with Gasteiger partial charge in [0.05, 0.1) is 0 Å². The van der Waals surface area contributed by atoms with Gasteiger partial charge in [0.1, 0.15) is 6.17 Å². The first-order valence-corrected chi connectivity index (χ1v) is 11.8. The predicted octanol–water partition coefficient (Wildman–Crippen LogP) is 4.07. The van der Waals surface area contributed by atoms with Crippen molar-refractivity contribution < 1.29 is 33.0 Å². The largest absolute Gasteiger partial charge is 0.458 e. The molecule has 0 radical (unpaired) electrons. The van der Waals surface area contributed by atoms with Gasteiger partial charge < -0.3 is 9.47 Å². The van der Waals surface area contributed by atoms with Crippen molar-refractivity contribution >= 4 is 23.5 Å². The zero-order valence-corrected chi connectivity index (χ0v) is 20.0. The van der Waals surface area contributed by atoms with E-state index in [1.807, 2.05) is 20.8 Å². The molecule has 7 atom stereocenters. The number of ketones is 2. The highest BCUT2D eigenvalue weighted by atomic mass is 19.1. The standard InChI is InChI=1S/C26H33FO6/c1-14-10-20-18-12-22(27)21-11-17(30)6-8-24(21,4)19(18)7-9-25(20,5)26(14,33-16(3)29)23(31)13-32-15(2)28/h7,11,14,18,20,22H,6,8-10,12-13H2,1-5H3/t14-,18-,20-,22+,24-,25+,26+/m1/s1. The second-order valence-corrected chi connectivity index (χ2v) is 10.8. The van der Waals surface area contributed by atoms with Crippen LogP contribution < -0.4 is 0 Å². The van der Waals surface area contributed by atoms with Gasteiger partial charge in [-0.05, 0) is 49.2 Å². The SMILES string of the molecule is CC(=O)OCC(=O)[C@@]1(OC(C)=O)[C@H](C)C[C@@H]2[C@@H]3C[C@H](F)C4=CC(=O)CC[C@]4(C)C3=CC[C@@]21C. The Balaban J connectivity index is 1.80. The molecule has 0 saturated heterocycles. The topological polar surface area (TPSA) is 86.7 Å². The van der Waals surface area contributed by atoms with Crippen LogP contribution in [-0.4, -0.2) is 41.9 Å². The molecule has 2 saturated carbocycles. The van der Waals surface area contributed by atoms with Gasteiger partial charge in [-0.1, -0.05) is 32.4 Å². The van der Waals surface area contributed by atoms with E-state index in [1.165, 1.54) is 19.9 Å². The average molecular weight is 461 g/mol. The maximum absolute atomic E-state index is 15.5. The summed E-state index contributed by atoms with van der Waals surface area (Å²) in [4.78, 5) is 49.2. The summed E-state index contributed by atoms with van der Waals surface area (Å²) >= 11 is 0. The lowest BCUT2D eigenvalue weighted by Crippen LogP contribution is -2.60. The number of carbonyl (C=O) groups is 4. The lowest BCUT2D eigenvalue weighted by molar-refractivity contribution is -0.190. The Hall–Kier alpha value is -2.31. The van der Waals surface area contributed by atoms with Crippen molar-refractivity contribution in [1.29, 1.82) is 0 Å². The first kappa shape index (κ1) is 23.8. The van der Waals surface area contributed by atoms with E-state index in [-0.39, 0.29) is 30.0 Å². The molecular formula is C26H33FO6. The Morgan fingerprint density at radius 2 is 1.82 bits per heavy atom. The van der Waals surface area contributed by atoms with Crippen LogP contribution in [-0.2, 0) is 28.7 Å². The summed E-state index contributed by atoms with van der Waals surface area (Å²) in [5.41, 5.74) is -0.990. The van der Waals surface area contributed by atoms with E-state index in [0.29, 0.717) is 31.3 Å². The summed E-state index contributed by atoms with van der Waals surface area (Å²) in [5, 5.41) is 0. The van der Waals surface area contributed by atoms with Crippen LogP contribution >= 0.6 is 0 Å². The number of rotatable bonds is 4. The average Bonchev–Trinajstić information content (AvgIpc) is 2.95. The van der Waals surface area contributed by atoms with Crippen molar-refractivity contribution in [3.8, 4) is 0 Å². The number of Topliss-reactive ketones (excluding diaryl/α,β-unsaturated/α-hetero) is 1. The fourth-order valence-corrected chi connectivity index (χ4v) is 7.56. The predicted molar refractivity (Wildman–Crippen MR) is 118 cm³/mol. The van der Waals surface area contributed by atoms with Gasteiger partial charge in [0.15, 0.2) is 18.0 Å². The van der Waals surface area contributed by atoms with Gasteiger partial charge in [-0.2, -0.15) is 0 Å². The Morgan fingerprint density at radius 1 is 1.12 bits per heavy atom. The van der Waals surface area contributed by atoms with E-state index in [0.717, 1.165) is 5.57 Å². The number of esters is 2. The molecule has 6 nitrogen and oxygen atoms in total. The second-order valence-electron chi connectivity index (χ2n) is 10.8. The zero-order chi connectivity index (χ0) is 24.3. The van der Waals surface area contributed by atoms with E-state index in [2.05, 4.69) is 6.08 Å². The van der Waals surface area contributed by atoms with Crippen molar-refractivity contribution in [3.05, 3.63) is 23.3 Å². The Labute approximate surface area is 193 Å². The molecule has 0 aromatic rings. The highest BCUT2D eigenvalue weighted by Crippen LogP contribution is 2.68. The van der Waals surface area contributed by atoms with Gasteiger partial charge in [-0.3, -0.25) is 19.2 Å². The maximum Gasteiger partial charge on any atom is 0.303 e. The number of hydrogen-bond donors (Lipinski definition) is 0. The van der Waals surface area contributed by atoms with Gasteiger partial charge >= 0.3 is 11.9 Å². The van der Waals surface area contributed by atoms with Crippen molar-refractivity contribution in [2.45, 2.75) is 78.5 Å². The van der Waals surface area contributed by atoms with Crippen LogP contribution in [0, 0.1) is 28.6 Å². The quantitative estimate of drug-likeness (QED) is 0.464. The number of alkyl halides is 1. The van der Waals surface area contributed by atoms with E-state index in [1.54, 1.807) is 0 Å². The fraction of sp³-hybridized carbons (Fsp3) is 0.692. The monoisotopic (exact) mass is 460 g/mol. The molecule has 0 heterocycles. The van der Waals surface area contributed by atoms with Crippen LogP contribution in [0.15, 0.2) is 23.3 Å². The molecule has 0 amide bonds. The third-order valence-corrected chi connectivity index (χ3v) is 8.99. The number of halogens is 1. The van der Waals surface area contributed by atoms with Crippen molar-refractivity contribution in [1.82, 2.24) is 0 Å². The Kier molecular flexibility index (Phi) is 5.69. The highest BCUT2D eigenvalue weighted by Gasteiger charge is 2.70. The van der Waals surface area contributed by atoms with Crippen LogP contribution in [0.25, 0.3) is 0 Å². The molecule has 0 spiro atoms. The minimum atomic E-state index is -1.45. The van der Waals surface area contributed by atoms with E-state index >= 15 is 4.39 Å². The maximum atomic E-state index is 15.5. The smallest absolute Gasteiger partial charge is 0.303 e. The van der Waals surface area contributed by atoms with Crippen molar-refractivity contribution in [3.63, 3.8) is 0 Å². The minimum absolute atomic E-state index is 0.0238. The summed E-state index contributed by atoms with van der Waals surface area (Å²) in [7, 11) is 0. The summed E-state index contributed by atoms with van der Waals surface area (Å²) in [6.45, 7) is 7.92. The Morgan fingerprint density at radius 3 is 2.45 bits per heavy atom. The molecule has 4 rings (SSSR count). The van der Waals surface area contributed by atoms with E-state index in [4.69, 9.17) is 9.47 Å². The lowest BCUT2D eigenvalue weighted by atomic mass is 9.50. The molecule has 33 heavy (non-hydrogen) atoms. The molecule has 7 heteroatoms. The van der Waals surface area contributed by atoms with Gasteiger partial charge in [-0.15, -0.1) is 0 Å². The number of ether oxygens (including phenoxy) is 2. The fourth-order valence-electron chi connectivity index (χ4n) is 7.56. The van der Waals surface area contributed by atoms with Crippen LogP contribution in [0.3, 0.4) is 0 Å². The number of allylic oxidation sites excluding steroid dienone is 4. The van der Waals surface area contributed by atoms with E-state index < -0.39 is 46.9 Å². The lowest BCUT2D eigenvalue weighted by Gasteiger charge is -2.55. The molecule has 0 aromatic heterocycles. The Bertz CT molecular complexity index is 981. The van der Waals surface area contributed by atoms with Crippen molar-refractivity contribution in [2.24, 2.45) is 28.6 Å². The molecule has 4 aliphatic carbocycles. The molecule has 2 fully saturated rings. The summed E-state index contributed by atoms with van der Waals surface area (Å²) in [6, 6.07) is 0. The third kappa shape index (κ3) is 3.33. The molecule has 0 bridgehead atoms. The number of hydrogen-bond acceptors (Lipinski definition) is 6. The molecule has 180 valence electrons. The summed E-state index contributed by atoms with van der Waals surface area (Å²) in [6.07, 6.45) is 4.70. The van der Waals surface area contributed by atoms with Crippen LogP contribution in [0.1, 0.15) is 66.7 Å². The summed E-state index contributed by atoms with van der Waals surface area (Å²) in [5.74, 6) is -2.11. The molecule has 0 aliphatic heterocycles. The van der Waals surface area contributed by atoms with Crippen LogP contribution in [0.5, 0.6) is 0 Å². The summed E-state index contributed by atoms with van der Waals surface area (Å²) < 4.78 is 26.4. The van der Waals surface area contributed by atoms with Crippen molar-refractivity contribution in [2.75, 3.05) is 6.61 Å². The van der Waals surface area contributed by atoms with E-state index in [9.17, 15) is 19.2 Å². The van der Waals surface area contributed by atoms with Crippen LogP contribution in [0.4, 0.5) is 4.39 Å². The molecule has 0 aromatic carbocycles. The van der Waals surface area contributed by atoms with Gasteiger partial charge in [-0.25, -0.2) is 4.39 Å². The minimum Gasteiger partial charge on any atom is -0.458 e. The first-order valence-electron chi connectivity index (χ1n) is 11.8. The second kappa shape index (κ2) is 7.88. The number of carbonyl (C=O) groups excluding carboxylic acids is 4. The van der Waals surface area contributed by atoms with Gasteiger partial charge in [0.2, 0.25) is 5.78 Å². The molecule has 0 N–H and O–H groups in total. The normalized spacial score (nSPS) is 41.7. The van der Waals surface area contributed by atoms with Gasteiger partial charge in [0.25, 0.3) is 0 Å². The molecule has 4 aliphatic rings. The third-order valence-electron chi connectivity index (χ3n) is 8.99. The van der Waals surface area contributed by atoms with Gasteiger partial charge in [0, 0.05) is 37.0 Å². The first-order chi connectivity index (χ1) is 15.4. The van der Waals surface area contributed by atoms with Crippen LogP contribution in [0.2, 0.25) is 0 Å². The molecule has 0 unspecified atom stereocenters.